The van der Waals surface area contributed by atoms with Crippen molar-refractivity contribution in [3.63, 3.8) is 0 Å². The summed E-state index contributed by atoms with van der Waals surface area (Å²) in [6, 6.07) is 9.32. The molecule has 2 heterocycles. The van der Waals surface area contributed by atoms with E-state index in [4.69, 9.17) is 14.2 Å². The second kappa shape index (κ2) is 5.92. The Morgan fingerprint density at radius 2 is 1.90 bits per heavy atom. The van der Waals surface area contributed by atoms with Crippen LogP contribution in [0.2, 0.25) is 0 Å². The number of rotatable bonds is 2. The number of hydrogen-bond donors (Lipinski definition) is 3. The largest absolute Gasteiger partial charge is 0.385 e. The van der Waals surface area contributed by atoms with Crippen molar-refractivity contribution in [2.75, 3.05) is 11.9 Å². The molecule has 3 N–H and O–H groups in total. The number of hydrogen-bond acceptors (Lipinski definition) is 6. The van der Waals surface area contributed by atoms with Gasteiger partial charge in [-0.1, -0.05) is 46.3 Å². The minimum absolute atomic E-state index is 0.0459. The maximum absolute atomic E-state index is 10.7. The van der Waals surface area contributed by atoms with Crippen LogP contribution >= 0.6 is 15.9 Å². The van der Waals surface area contributed by atoms with Gasteiger partial charge in [-0.05, 0) is 0 Å². The molecule has 0 radical (unpaired) electrons. The van der Waals surface area contributed by atoms with Gasteiger partial charge >= 0.3 is 0 Å². The SMILES string of the molecule is OC1O[C@@H]2COC(c3ccccc3)O[C@H]2[C@](O)(CBr)[C@H]1O. The molecule has 6 nitrogen and oxygen atoms in total. The van der Waals surface area contributed by atoms with Crippen molar-refractivity contribution in [1.29, 1.82) is 0 Å². The maximum Gasteiger partial charge on any atom is 0.184 e. The normalized spacial score (nSPS) is 43.3. The minimum atomic E-state index is -1.65. The van der Waals surface area contributed by atoms with Gasteiger partial charge < -0.3 is 29.5 Å². The van der Waals surface area contributed by atoms with Gasteiger partial charge in [-0.25, -0.2) is 0 Å². The third kappa shape index (κ3) is 2.63. The molecule has 6 atom stereocenters. The zero-order valence-corrected chi connectivity index (χ0v) is 12.7. The number of aliphatic hydroxyl groups is 3. The molecule has 0 aromatic heterocycles. The van der Waals surface area contributed by atoms with Gasteiger partial charge in [0.25, 0.3) is 0 Å². The summed E-state index contributed by atoms with van der Waals surface area (Å²) in [6.07, 6.45) is -5.05. The molecule has 2 saturated heterocycles. The van der Waals surface area contributed by atoms with Crippen LogP contribution in [0.5, 0.6) is 0 Å². The van der Waals surface area contributed by atoms with Gasteiger partial charge in [-0.2, -0.15) is 0 Å². The molecule has 2 unspecified atom stereocenters. The molecule has 2 aliphatic rings. The molecule has 21 heavy (non-hydrogen) atoms. The summed E-state index contributed by atoms with van der Waals surface area (Å²) in [5, 5.41) is 30.4. The van der Waals surface area contributed by atoms with E-state index in [9.17, 15) is 15.3 Å². The summed E-state index contributed by atoms with van der Waals surface area (Å²) in [4.78, 5) is 0. The summed E-state index contributed by atoms with van der Waals surface area (Å²) in [5.41, 5.74) is -0.840. The zero-order chi connectivity index (χ0) is 15.0. The smallest absolute Gasteiger partial charge is 0.184 e. The Morgan fingerprint density at radius 3 is 2.57 bits per heavy atom. The summed E-state index contributed by atoms with van der Waals surface area (Å²) in [6.45, 7) is 0.156. The lowest BCUT2D eigenvalue weighted by Crippen LogP contribution is -2.70. The highest BCUT2D eigenvalue weighted by atomic mass is 79.9. The average molecular weight is 361 g/mol. The van der Waals surface area contributed by atoms with E-state index < -0.39 is 36.5 Å². The number of fused-ring (bicyclic) bond motifs is 1. The number of halogens is 1. The van der Waals surface area contributed by atoms with E-state index in [1.165, 1.54) is 0 Å². The first-order valence-electron chi connectivity index (χ1n) is 6.68. The lowest BCUT2D eigenvalue weighted by atomic mass is 9.85. The lowest BCUT2D eigenvalue weighted by molar-refractivity contribution is -0.376. The monoisotopic (exact) mass is 360 g/mol. The molecule has 0 aliphatic carbocycles. The standard InChI is InChI=1S/C14H17BrO6/c15-7-14(18)10(16)12(17)20-9-6-19-13(21-11(9)14)8-4-2-1-3-5-8/h1-5,9-13,16-18H,6-7H2/t9-,10+,11-,12?,13?,14+/m1/s1. The molecule has 1 aromatic rings. The fraction of sp³-hybridized carbons (Fsp3) is 0.571. The number of aliphatic hydroxyl groups excluding tert-OH is 2. The van der Waals surface area contributed by atoms with Gasteiger partial charge in [0.1, 0.15) is 23.9 Å². The van der Waals surface area contributed by atoms with Crippen LogP contribution in [0.25, 0.3) is 0 Å². The number of ether oxygens (including phenoxy) is 3. The molecule has 0 amide bonds. The van der Waals surface area contributed by atoms with Crippen LogP contribution in [-0.4, -0.2) is 57.5 Å². The van der Waals surface area contributed by atoms with E-state index in [0.717, 1.165) is 5.56 Å². The first kappa shape index (κ1) is 15.4. The van der Waals surface area contributed by atoms with Gasteiger partial charge in [0.05, 0.1) is 6.61 Å². The third-order valence-corrected chi connectivity index (χ3v) is 4.79. The van der Waals surface area contributed by atoms with Crippen molar-refractivity contribution in [1.82, 2.24) is 0 Å². The molecule has 0 saturated carbocycles. The van der Waals surface area contributed by atoms with Gasteiger partial charge in [0.15, 0.2) is 12.6 Å². The third-order valence-electron chi connectivity index (χ3n) is 3.89. The Labute approximate surface area is 130 Å². The van der Waals surface area contributed by atoms with Crippen LogP contribution in [-0.2, 0) is 14.2 Å². The van der Waals surface area contributed by atoms with Crippen LogP contribution in [0.1, 0.15) is 11.9 Å². The van der Waals surface area contributed by atoms with Crippen molar-refractivity contribution in [3.8, 4) is 0 Å². The quantitative estimate of drug-likeness (QED) is 0.657. The molecule has 7 heteroatoms. The van der Waals surface area contributed by atoms with E-state index in [-0.39, 0.29) is 11.9 Å². The van der Waals surface area contributed by atoms with Crippen molar-refractivity contribution >= 4 is 15.9 Å². The highest BCUT2D eigenvalue weighted by molar-refractivity contribution is 9.09. The topological polar surface area (TPSA) is 88.4 Å². The van der Waals surface area contributed by atoms with Crippen molar-refractivity contribution < 1.29 is 29.5 Å². The van der Waals surface area contributed by atoms with Crippen LogP contribution in [0.3, 0.4) is 0 Å². The summed E-state index contributed by atoms with van der Waals surface area (Å²) < 4.78 is 16.7. The average Bonchev–Trinajstić information content (AvgIpc) is 2.53. The van der Waals surface area contributed by atoms with Gasteiger partial charge in [-0.15, -0.1) is 0 Å². The van der Waals surface area contributed by atoms with E-state index in [1.54, 1.807) is 0 Å². The van der Waals surface area contributed by atoms with Gasteiger partial charge in [0, 0.05) is 10.9 Å². The Balaban J connectivity index is 1.85. The van der Waals surface area contributed by atoms with Crippen LogP contribution in [0, 0.1) is 0 Å². The first-order chi connectivity index (χ1) is 10.1. The summed E-state index contributed by atoms with van der Waals surface area (Å²) in [7, 11) is 0. The molecule has 3 rings (SSSR count). The molecule has 2 aliphatic heterocycles. The van der Waals surface area contributed by atoms with Crippen molar-refractivity contribution in [2.45, 2.75) is 36.5 Å². The first-order valence-corrected chi connectivity index (χ1v) is 7.80. The van der Waals surface area contributed by atoms with Crippen molar-refractivity contribution in [3.05, 3.63) is 35.9 Å². The molecular weight excluding hydrogens is 344 g/mol. The Bertz CT molecular complexity index is 486. The van der Waals surface area contributed by atoms with Gasteiger partial charge in [-0.3, -0.25) is 0 Å². The highest BCUT2D eigenvalue weighted by Crippen LogP contribution is 2.39. The van der Waals surface area contributed by atoms with Gasteiger partial charge in [0.2, 0.25) is 0 Å². The van der Waals surface area contributed by atoms with E-state index in [0.29, 0.717) is 0 Å². The fourth-order valence-electron chi connectivity index (χ4n) is 2.69. The Morgan fingerprint density at radius 1 is 1.19 bits per heavy atom. The molecule has 116 valence electrons. The van der Waals surface area contributed by atoms with Crippen molar-refractivity contribution in [2.24, 2.45) is 0 Å². The molecule has 0 spiro atoms. The Hall–Kier alpha value is -0.540. The van der Waals surface area contributed by atoms with E-state index >= 15 is 0 Å². The minimum Gasteiger partial charge on any atom is -0.385 e. The fourth-order valence-corrected chi connectivity index (χ4v) is 3.34. The maximum atomic E-state index is 10.7. The van der Waals surface area contributed by atoms with Crippen LogP contribution in [0.15, 0.2) is 30.3 Å². The molecule has 1 aromatic carbocycles. The molecule has 2 fully saturated rings. The number of benzene rings is 1. The molecular formula is C14H17BrO6. The second-order valence-electron chi connectivity index (χ2n) is 5.27. The van der Waals surface area contributed by atoms with Crippen LogP contribution < -0.4 is 0 Å². The summed E-state index contributed by atoms with van der Waals surface area (Å²) in [5.74, 6) is 0. The zero-order valence-electron chi connectivity index (χ0n) is 11.1. The van der Waals surface area contributed by atoms with Crippen LogP contribution in [0.4, 0.5) is 0 Å². The summed E-state index contributed by atoms with van der Waals surface area (Å²) >= 11 is 3.18. The van der Waals surface area contributed by atoms with E-state index in [2.05, 4.69) is 15.9 Å². The Kier molecular flexibility index (Phi) is 4.33. The highest BCUT2D eigenvalue weighted by Gasteiger charge is 2.57. The molecule has 0 bridgehead atoms. The lowest BCUT2D eigenvalue weighted by Gasteiger charge is -2.51. The number of alkyl halides is 1. The predicted octanol–water partition coefficient (Wildman–Crippen LogP) is 0.305. The second-order valence-corrected chi connectivity index (χ2v) is 5.83. The predicted molar refractivity (Wildman–Crippen MR) is 75.6 cm³/mol. The van der Waals surface area contributed by atoms with E-state index in [1.807, 2.05) is 30.3 Å².